The number of halogens is 1. The van der Waals surface area contributed by atoms with Gasteiger partial charge in [-0.2, -0.15) is 8.75 Å². The van der Waals surface area contributed by atoms with Crippen molar-refractivity contribution < 1.29 is 18.8 Å². The maximum Gasteiger partial charge on any atom is 0.319 e. The van der Waals surface area contributed by atoms with Crippen molar-refractivity contribution in [3.8, 4) is 0 Å². The van der Waals surface area contributed by atoms with Crippen LogP contribution in [0.4, 0.5) is 26.5 Å². The number of carbonyl (C=O) groups excluding carboxylic acids is 3. The van der Waals surface area contributed by atoms with Crippen molar-refractivity contribution in [2.75, 3.05) is 67.5 Å². The maximum atomic E-state index is 13.9. The van der Waals surface area contributed by atoms with Crippen molar-refractivity contribution in [2.24, 2.45) is 0 Å². The summed E-state index contributed by atoms with van der Waals surface area (Å²) in [6.07, 6.45) is 0.264. The zero-order chi connectivity index (χ0) is 33.0. The third-order valence-electron chi connectivity index (χ3n) is 8.89. The molecule has 0 saturated carbocycles. The third-order valence-corrected chi connectivity index (χ3v) is 10.5. The van der Waals surface area contributed by atoms with E-state index in [1.54, 1.807) is 4.90 Å². The monoisotopic (exact) mass is 686 g/mol. The van der Waals surface area contributed by atoms with Crippen LogP contribution < -0.4 is 20.4 Å². The number of hydrogen-bond donors (Lipinski definition) is 2. The minimum absolute atomic E-state index is 0.0587. The molecule has 4 amide bonds. The molecular formula is C34H35FN8O3S2. The Morgan fingerprint density at radius 1 is 0.708 bits per heavy atom. The number of piperazine rings is 2. The second kappa shape index (κ2) is 14.1. The number of hydrogen-bond acceptors (Lipinski definition) is 9. The van der Waals surface area contributed by atoms with Gasteiger partial charge in [0.05, 0.1) is 9.40 Å². The normalized spacial score (nSPS) is 15.9. The van der Waals surface area contributed by atoms with Gasteiger partial charge in [-0.1, -0.05) is 24.3 Å². The first-order valence-corrected chi connectivity index (χ1v) is 17.6. The Morgan fingerprint density at radius 3 is 1.79 bits per heavy atom. The minimum Gasteiger partial charge on any atom is -0.352 e. The lowest BCUT2D eigenvalue weighted by Gasteiger charge is -2.37. The van der Waals surface area contributed by atoms with E-state index < -0.39 is 17.9 Å². The highest BCUT2D eigenvalue weighted by atomic mass is 32.1. The second-order valence-corrected chi connectivity index (χ2v) is 13.5. The molecule has 4 heterocycles. The topological polar surface area (TPSA) is 114 Å². The smallest absolute Gasteiger partial charge is 0.319 e. The Morgan fingerprint density at radius 2 is 1.23 bits per heavy atom. The summed E-state index contributed by atoms with van der Waals surface area (Å²) in [5.74, 6) is 1.16. The van der Waals surface area contributed by atoms with Crippen LogP contribution >= 0.6 is 23.1 Å². The fourth-order valence-corrected chi connectivity index (χ4v) is 7.86. The van der Waals surface area contributed by atoms with Crippen LogP contribution in [0.15, 0.2) is 72.8 Å². The highest BCUT2D eigenvalue weighted by molar-refractivity contribution is 7.14. The van der Waals surface area contributed by atoms with Crippen molar-refractivity contribution in [1.29, 1.82) is 0 Å². The Balaban J connectivity index is 0.977. The molecule has 48 heavy (non-hydrogen) atoms. The quantitative estimate of drug-likeness (QED) is 0.236. The second-order valence-electron chi connectivity index (χ2n) is 11.9. The SMILES string of the molecule is O=C(Nc1ccc(F)cc1)NC(CCC(=O)N1CCN(c2nsc3ccccc23)CC1)C(=O)N1CCN(c2nsc3ccccc23)CC1. The van der Waals surface area contributed by atoms with Gasteiger partial charge in [-0.25, -0.2) is 9.18 Å². The molecule has 0 aliphatic carbocycles. The van der Waals surface area contributed by atoms with Crippen molar-refractivity contribution in [2.45, 2.75) is 18.9 Å². The molecule has 2 saturated heterocycles. The van der Waals surface area contributed by atoms with Crippen molar-refractivity contribution >= 4 is 78.4 Å². The van der Waals surface area contributed by atoms with E-state index in [9.17, 15) is 18.8 Å². The number of carbonyl (C=O) groups is 3. The number of rotatable bonds is 8. The Labute approximate surface area is 285 Å². The lowest BCUT2D eigenvalue weighted by atomic mass is 10.1. The van der Waals surface area contributed by atoms with E-state index in [0.717, 1.165) is 31.8 Å². The molecule has 1 atom stereocenters. The van der Waals surface area contributed by atoms with Gasteiger partial charge in [0, 0.05) is 75.2 Å². The summed E-state index contributed by atoms with van der Waals surface area (Å²) < 4.78 is 25.0. The molecule has 2 fully saturated rings. The lowest BCUT2D eigenvalue weighted by molar-refractivity contribution is -0.134. The number of fused-ring (bicyclic) bond motifs is 2. The highest BCUT2D eigenvalue weighted by Gasteiger charge is 2.31. The number of nitrogens with one attached hydrogen (secondary N) is 2. The average molecular weight is 687 g/mol. The van der Waals surface area contributed by atoms with Gasteiger partial charge in [0.2, 0.25) is 11.8 Å². The van der Waals surface area contributed by atoms with E-state index >= 15 is 0 Å². The summed E-state index contributed by atoms with van der Waals surface area (Å²) in [4.78, 5) is 48.2. The zero-order valence-electron chi connectivity index (χ0n) is 26.2. The zero-order valence-corrected chi connectivity index (χ0v) is 27.8. The summed E-state index contributed by atoms with van der Waals surface area (Å²) in [5, 5.41) is 7.68. The fraction of sp³-hybridized carbons (Fsp3) is 0.324. The number of nitrogens with zero attached hydrogens (tertiary/aromatic N) is 6. The van der Waals surface area contributed by atoms with Gasteiger partial charge >= 0.3 is 6.03 Å². The van der Waals surface area contributed by atoms with Gasteiger partial charge in [-0.15, -0.1) is 0 Å². The van der Waals surface area contributed by atoms with E-state index in [0.29, 0.717) is 58.0 Å². The van der Waals surface area contributed by atoms with Gasteiger partial charge in [0.1, 0.15) is 23.5 Å². The third kappa shape index (κ3) is 6.90. The van der Waals surface area contributed by atoms with E-state index in [1.807, 2.05) is 35.2 Å². The first-order chi connectivity index (χ1) is 23.4. The summed E-state index contributed by atoms with van der Waals surface area (Å²) in [6.45, 7) is 4.56. The highest BCUT2D eigenvalue weighted by Crippen LogP contribution is 2.31. The Kier molecular flexibility index (Phi) is 9.34. The lowest BCUT2D eigenvalue weighted by Crippen LogP contribution is -2.56. The molecule has 3 aromatic carbocycles. The summed E-state index contributed by atoms with van der Waals surface area (Å²) in [6, 6.07) is 20.1. The molecule has 2 N–H and O–H groups in total. The largest absolute Gasteiger partial charge is 0.352 e. The molecule has 14 heteroatoms. The maximum absolute atomic E-state index is 13.9. The van der Waals surface area contributed by atoms with E-state index in [1.165, 1.54) is 47.3 Å². The molecule has 11 nitrogen and oxygen atoms in total. The van der Waals surface area contributed by atoms with Crippen LogP contribution in [-0.4, -0.2) is 94.8 Å². The van der Waals surface area contributed by atoms with Gasteiger partial charge < -0.3 is 30.2 Å². The van der Waals surface area contributed by atoms with Crippen molar-refractivity contribution in [3.05, 3.63) is 78.6 Å². The van der Waals surface area contributed by atoms with Crippen LogP contribution in [0.2, 0.25) is 0 Å². The number of aromatic nitrogens is 2. The molecule has 5 aromatic rings. The van der Waals surface area contributed by atoms with Crippen LogP contribution in [0, 0.1) is 5.82 Å². The Bertz CT molecular complexity index is 1920. The molecule has 0 radical (unpaired) electrons. The number of urea groups is 1. The summed E-state index contributed by atoms with van der Waals surface area (Å²) in [5.41, 5.74) is 0.394. The van der Waals surface area contributed by atoms with Gasteiger partial charge in [0.25, 0.3) is 0 Å². The molecule has 2 aliphatic heterocycles. The first kappa shape index (κ1) is 31.8. The molecule has 0 spiro atoms. The van der Waals surface area contributed by atoms with Gasteiger partial charge in [-0.3, -0.25) is 9.59 Å². The van der Waals surface area contributed by atoms with E-state index in [2.05, 4.69) is 47.4 Å². The standard InChI is InChI=1S/C34H35FN8O3S2/c35-23-9-11-24(12-10-23)36-34(46)37-27(33(45)43-21-19-42(20-22-43)32-26-6-2-4-8-29(26)48-39-32)13-14-30(44)40-15-17-41(18-16-40)31-25-5-1-3-7-28(25)47-38-31/h1-12,27H,13-22H2,(H2,36,37,46). The predicted molar refractivity (Wildman–Crippen MR) is 188 cm³/mol. The van der Waals surface area contributed by atoms with Crippen LogP contribution in [0.25, 0.3) is 20.2 Å². The summed E-state index contributed by atoms with van der Waals surface area (Å²) in [7, 11) is 0. The average Bonchev–Trinajstić information content (AvgIpc) is 3.76. The number of benzene rings is 3. The molecule has 0 bridgehead atoms. The van der Waals surface area contributed by atoms with E-state index in [4.69, 9.17) is 0 Å². The summed E-state index contributed by atoms with van der Waals surface area (Å²) >= 11 is 2.94. The van der Waals surface area contributed by atoms with Crippen LogP contribution in [0.3, 0.4) is 0 Å². The van der Waals surface area contributed by atoms with Crippen molar-refractivity contribution in [1.82, 2.24) is 23.9 Å². The van der Waals surface area contributed by atoms with Crippen LogP contribution in [0.1, 0.15) is 12.8 Å². The molecule has 248 valence electrons. The molecule has 7 rings (SSSR count). The van der Waals surface area contributed by atoms with E-state index in [-0.39, 0.29) is 24.7 Å². The number of amides is 4. The van der Waals surface area contributed by atoms with Gasteiger partial charge in [0.15, 0.2) is 0 Å². The van der Waals surface area contributed by atoms with Crippen molar-refractivity contribution in [3.63, 3.8) is 0 Å². The molecule has 1 unspecified atom stereocenters. The minimum atomic E-state index is -0.913. The van der Waals surface area contributed by atoms with Gasteiger partial charge in [-0.05, 0) is 78.0 Å². The first-order valence-electron chi connectivity index (χ1n) is 16.0. The molecular weight excluding hydrogens is 652 g/mol. The Hall–Kier alpha value is -4.82. The molecule has 2 aromatic heterocycles. The molecule has 2 aliphatic rings. The van der Waals surface area contributed by atoms with Crippen LogP contribution in [0.5, 0.6) is 0 Å². The predicted octanol–water partition coefficient (Wildman–Crippen LogP) is 5.01. The van der Waals surface area contributed by atoms with Crippen LogP contribution in [-0.2, 0) is 9.59 Å². The number of anilines is 3. The fourth-order valence-electron chi connectivity index (χ4n) is 6.27.